The van der Waals surface area contributed by atoms with Crippen molar-refractivity contribution in [2.24, 2.45) is 0 Å². The first-order chi connectivity index (χ1) is 14.1. The number of alkyl halides is 3. The number of aromatic nitrogens is 3. The van der Waals surface area contributed by atoms with E-state index in [0.29, 0.717) is 34.8 Å². The molecule has 0 aliphatic carbocycles. The molecule has 4 rings (SSSR count). The summed E-state index contributed by atoms with van der Waals surface area (Å²) in [5, 5.41) is 15.4. The number of benzene rings is 1. The molecule has 1 aliphatic heterocycles. The number of hydrogen-bond donors (Lipinski definition) is 1. The molecule has 160 valence electrons. The largest absolute Gasteiger partial charge is 0.496 e. The number of nitrogens with zero attached hydrogens (tertiary/aromatic N) is 4. The van der Waals surface area contributed by atoms with Gasteiger partial charge in [-0.3, -0.25) is 4.90 Å². The Balaban J connectivity index is 1.81. The Hall–Kier alpha value is -2.85. The Bertz CT molecular complexity index is 1080. The zero-order valence-corrected chi connectivity index (χ0v) is 16.7. The van der Waals surface area contributed by atoms with Gasteiger partial charge in [-0.25, -0.2) is 9.50 Å². The van der Waals surface area contributed by atoms with Gasteiger partial charge in [0.2, 0.25) is 0 Å². The number of methoxy groups -OCH3 is 2. The van der Waals surface area contributed by atoms with Crippen molar-refractivity contribution in [2.45, 2.75) is 25.2 Å². The maximum Gasteiger partial charge on any atom is 0.401 e. The topological polar surface area (TPSA) is 72.1 Å². The molecule has 0 saturated carbocycles. The van der Waals surface area contributed by atoms with Crippen LogP contribution in [-0.4, -0.2) is 58.1 Å². The molecule has 3 aromatic rings. The van der Waals surface area contributed by atoms with Crippen LogP contribution in [0.25, 0.3) is 16.9 Å². The van der Waals surface area contributed by atoms with Crippen LogP contribution in [-0.2, 0) is 12.1 Å². The summed E-state index contributed by atoms with van der Waals surface area (Å²) in [6.07, 6.45) is -0.866. The number of ether oxygens (including phenoxy) is 2. The molecule has 10 heteroatoms. The molecule has 1 aromatic carbocycles. The molecule has 0 fully saturated rings. The highest BCUT2D eigenvalue weighted by molar-refractivity contribution is 5.68. The first-order valence-electron chi connectivity index (χ1n) is 9.28. The minimum absolute atomic E-state index is 0.0642. The van der Waals surface area contributed by atoms with Gasteiger partial charge < -0.3 is 14.6 Å². The molecule has 2 aromatic heterocycles. The Labute approximate surface area is 170 Å². The molecule has 7 nitrogen and oxygen atoms in total. The van der Waals surface area contributed by atoms with Crippen LogP contribution in [0.1, 0.15) is 18.1 Å². The maximum atomic E-state index is 13.0. The van der Waals surface area contributed by atoms with Gasteiger partial charge in [0, 0.05) is 23.7 Å². The van der Waals surface area contributed by atoms with E-state index in [0.717, 1.165) is 16.0 Å². The maximum absolute atomic E-state index is 13.0. The van der Waals surface area contributed by atoms with Crippen molar-refractivity contribution in [1.82, 2.24) is 19.5 Å². The quantitative estimate of drug-likeness (QED) is 0.697. The SMILES string of the molecule is COc1cnn2c(-c3cc4c(c(OC)c3)C(C)(O)N(CC(F)(F)F)CC4)cnc2c1. The van der Waals surface area contributed by atoms with E-state index in [1.807, 2.05) is 6.07 Å². The molecule has 1 unspecified atom stereocenters. The minimum Gasteiger partial charge on any atom is -0.496 e. The first-order valence-corrected chi connectivity index (χ1v) is 9.28. The molecule has 0 bridgehead atoms. The van der Waals surface area contributed by atoms with Crippen molar-refractivity contribution in [3.63, 3.8) is 0 Å². The van der Waals surface area contributed by atoms with Crippen LogP contribution in [0.5, 0.6) is 11.5 Å². The number of fused-ring (bicyclic) bond motifs is 2. The summed E-state index contributed by atoms with van der Waals surface area (Å²) in [5.41, 5.74) is 1.24. The molecular formula is C20H21F3N4O3. The number of halogens is 3. The molecule has 0 amide bonds. The van der Waals surface area contributed by atoms with E-state index in [2.05, 4.69) is 10.1 Å². The van der Waals surface area contributed by atoms with Gasteiger partial charge in [-0.1, -0.05) is 0 Å². The first kappa shape index (κ1) is 20.4. The van der Waals surface area contributed by atoms with E-state index in [-0.39, 0.29) is 6.54 Å². The fourth-order valence-electron chi connectivity index (χ4n) is 3.96. The van der Waals surface area contributed by atoms with E-state index < -0.39 is 18.4 Å². The van der Waals surface area contributed by atoms with Gasteiger partial charge in [-0.15, -0.1) is 0 Å². The summed E-state index contributed by atoms with van der Waals surface area (Å²) in [7, 11) is 2.97. The molecule has 0 saturated heterocycles. The average molecular weight is 422 g/mol. The van der Waals surface area contributed by atoms with Crippen LogP contribution in [0.2, 0.25) is 0 Å². The Morgan fingerprint density at radius 3 is 2.60 bits per heavy atom. The predicted octanol–water partition coefficient (Wildman–Crippen LogP) is 3.00. The minimum atomic E-state index is -4.42. The summed E-state index contributed by atoms with van der Waals surface area (Å²) in [5.74, 6) is 0.881. The van der Waals surface area contributed by atoms with E-state index in [4.69, 9.17) is 9.47 Å². The predicted molar refractivity (Wildman–Crippen MR) is 102 cm³/mol. The molecule has 1 atom stereocenters. The zero-order chi connectivity index (χ0) is 21.7. The third kappa shape index (κ3) is 3.46. The van der Waals surface area contributed by atoms with Crippen LogP contribution in [0.4, 0.5) is 13.2 Å². The summed E-state index contributed by atoms with van der Waals surface area (Å²) < 4.78 is 51.2. The van der Waals surface area contributed by atoms with Crippen LogP contribution in [0, 0.1) is 0 Å². The van der Waals surface area contributed by atoms with Crippen molar-refractivity contribution >= 4 is 5.65 Å². The monoisotopic (exact) mass is 422 g/mol. The van der Waals surface area contributed by atoms with E-state index in [1.54, 1.807) is 36.2 Å². The molecule has 0 radical (unpaired) electrons. The number of hydrogen-bond acceptors (Lipinski definition) is 6. The fourth-order valence-corrected chi connectivity index (χ4v) is 3.96. The van der Waals surface area contributed by atoms with Gasteiger partial charge in [0.05, 0.1) is 38.9 Å². The summed E-state index contributed by atoms with van der Waals surface area (Å²) >= 11 is 0. The third-order valence-corrected chi connectivity index (χ3v) is 5.38. The molecule has 1 N–H and O–H groups in total. The summed E-state index contributed by atoms with van der Waals surface area (Å²) in [6, 6.07) is 5.26. The molecule has 0 spiro atoms. The fraction of sp³-hybridized carbons (Fsp3) is 0.400. The Kier molecular flexibility index (Phi) is 4.86. The van der Waals surface area contributed by atoms with Gasteiger partial charge in [-0.05, 0) is 31.0 Å². The van der Waals surface area contributed by atoms with Crippen molar-refractivity contribution in [3.05, 3.63) is 41.7 Å². The van der Waals surface area contributed by atoms with Crippen LogP contribution in [0.15, 0.2) is 30.6 Å². The second-order valence-corrected chi connectivity index (χ2v) is 7.33. The normalized spacial score (nSPS) is 19.7. The van der Waals surface area contributed by atoms with Crippen LogP contribution < -0.4 is 9.47 Å². The van der Waals surface area contributed by atoms with Gasteiger partial charge in [0.1, 0.15) is 17.2 Å². The number of imidazole rings is 1. The summed E-state index contributed by atoms with van der Waals surface area (Å²) in [4.78, 5) is 5.36. The highest BCUT2D eigenvalue weighted by atomic mass is 19.4. The van der Waals surface area contributed by atoms with Crippen LogP contribution >= 0.6 is 0 Å². The van der Waals surface area contributed by atoms with Gasteiger partial charge in [0.15, 0.2) is 5.65 Å². The Morgan fingerprint density at radius 1 is 1.17 bits per heavy atom. The van der Waals surface area contributed by atoms with Crippen molar-refractivity contribution in [3.8, 4) is 22.8 Å². The molecule has 30 heavy (non-hydrogen) atoms. The van der Waals surface area contributed by atoms with Gasteiger partial charge in [-0.2, -0.15) is 18.3 Å². The average Bonchev–Trinajstić information content (AvgIpc) is 3.11. The summed E-state index contributed by atoms with van der Waals surface area (Å²) in [6.45, 7) is 0.221. The van der Waals surface area contributed by atoms with E-state index in [1.165, 1.54) is 14.0 Å². The van der Waals surface area contributed by atoms with E-state index >= 15 is 0 Å². The highest BCUT2D eigenvalue weighted by Gasteiger charge is 2.44. The molecule has 3 heterocycles. The van der Waals surface area contributed by atoms with E-state index in [9.17, 15) is 18.3 Å². The standard InChI is InChI=1S/C20H21F3N4O3/c1-19(28)18-12(4-5-26(19)11-20(21,22)23)6-13(7-16(18)30-3)15-10-24-17-8-14(29-2)9-25-27(15)17/h6-10,28H,4-5,11H2,1-3H3. The lowest BCUT2D eigenvalue weighted by Crippen LogP contribution is -2.52. The smallest absolute Gasteiger partial charge is 0.401 e. The zero-order valence-electron chi connectivity index (χ0n) is 16.7. The Morgan fingerprint density at radius 2 is 1.93 bits per heavy atom. The third-order valence-electron chi connectivity index (χ3n) is 5.38. The van der Waals surface area contributed by atoms with Gasteiger partial charge >= 0.3 is 6.18 Å². The van der Waals surface area contributed by atoms with Crippen molar-refractivity contribution in [2.75, 3.05) is 27.3 Å². The second kappa shape index (κ2) is 7.13. The lowest BCUT2D eigenvalue weighted by atomic mass is 9.87. The van der Waals surface area contributed by atoms with Crippen LogP contribution in [0.3, 0.4) is 0 Å². The molecule has 1 aliphatic rings. The molecular weight excluding hydrogens is 401 g/mol. The highest BCUT2D eigenvalue weighted by Crippen LogP contribution is 2.43. The number of aliphatic hydroxyl groups is 1. The lowest BCUT2D eigenvalue weighted by molar-refractivity contribution is -0.197. The van der Waals surface area contributed by atoms with Crippen molar-refractivity contribution < 1.29 is 27.8 Å². The second-order valence-electron chi connectivity index (χ2n) is 7.33. The van der Waals surface area contributed by atoms with Crippen molar-refractivity contribution in [1.29, 1.82) is 0 Å². The number of rotatable bonds is 4. The van der Waals surface area contributed by atoms with Gasteiger partial charge in [0.25, 0.3) is 0 Å². The lowest BCUT2D eigenvalue weighted by Gasteiger charge is -2.43.